The van der Waals surface area contributed by atoms with Crippen molar-refractivity contribution in [3.8, 4) is 0 Å². The number of rotatable bonds is 3. The van der Waals surface area contributed by atoms with Crippen molar-refractivity contribution < 1.29 is 4.92 Å². The molecule has 0 heterocycles. The predicted octanol–water partition coefficient (Wildman–Crippen LogP) is 5.71. The maximum Gasteiger partial charge on any atom is 0.269 e. The molecule has 0 aliphatic heterocycles. The van der Waals surface area contributed by atoms with E-state index in [1.807, 2.05) is 24.3 Å². The Morgan fingerprint density at radius 2 is 1.44 bits per heavy atom. The molecule has 0 saturated carbocycles. The van der Waals surface area contributed by atoms with Crippen LogP contribution < -0.4 is 10.6 Å². The molecule has 4 aromatic carbocycles. The lowest BCUT2D eigenvalue weighted by atomic mass is 10.0. The fourth-order valence-corrected chi connectivity index (χ4v) is 3.34. The van der Waals surface area contributed by atoms with E-state index >= 15 is 0 Å². The zero-order valence-electron chi connectivity index (χ0n) is 14.2. The van der Waals surface area contributed by atoms with Crippen molar-refractivity contribution in [3.63, 3.8) is 0 Å². The highest BCUT2D eigenvalue weighted by Crippen LogP contribution is 2.32. The Kier molecular flexibility index (Phi) is 4.40. The third-order valence-corrected chi connectivity index (χ3v) is 4.56. The average molecular weight is 373 g/mol. The van der Waals surface area contributed by atoms with Gasteiger partial charge in [0.1, 0.15) is 0 Å². The number of thiocarbonyl (C=S) groups is 1. The summed E-state index contributed by atoms with van der Waals surface area (Å²) in [4.78, 5) is 10.3. The normalized spacial score (nSPS) is 10.7. The van der Waals surface area contributed by atoms with Gasteiger partial charge in [0.05, 0.1) is 4.92 Å². The molecule has 0 aliphatic carbocycles. The van der Waals surface area contributed by atoms with Crippen molar-refractivity contribution in [2.75, 3.05) is 10.6 Å². The zero-order chi connectivity index (χ0) is 18.8. The quantitative estimate of drug-likeness (QED) is 0.208. The zero-order valence-corrected chi connectivity index (χ0v) is 15.0. The van der Waals surface area contributed by atoms with Crippen LogP contribution >= 0.6 is 12.2 Å². The highest BCUT2D eigenvalue weighted by atomic mass is 32.1. The van der Waals surface area contributed by atoms with Gasteiger partial charge in [-0.3, -0.25) is 10.1 Å². The molecule has 0 bridgehead atoms. The summed E-state index contributed by atoms with van der Waals surface area (Å²) in [6.45, 7) is 0. The number of hydrogen-bond acceptors (Lipinski definition) is 3. The van der Waals surface area contributed by atoms with Gasteiger partial charge in [-0.05, 0) is 46.6 Å². The smallest absolute Gasteiger partial charge is 0.269 e. The Balaban J connectivity index is 1.64. The lowest BCUT2D eigenvalue weighted by Gasteiger charge is -2.14. The summed E-state index contributed by atoms with van der Waals surface area (Å²) in [5.41, 5.74) is 1.63. The van der Waals surface area contributed by atoms with E-state index in [0.29, 0.717) is 10.8 Å². The van der Waals surface area contributed by atoms with Gasteiger partial charge in [-0.25, -0.2) is 0 Å². The molecule has 0 fully saturated rings. The van der Waals surface area contributed by atoms with Crippen LogP contribution in [0.1, 0.15) is 0 Å². The SMILES string of the molecule is O=[N+]([O-])c1ccc(NC(=S)Nc2cc3ccccc3c3ccccc23)cc1. The largest absolute Gasteiger partial charge is 0.332 e. The molecule has 0 aliphatic rings. The van der Waals surface area contributed by atoms with E-state index in [9.17, 15) is 10.1 Å². The molecule has 0 atom stereocenters. The van der Waals surface area contributed by atoms with Gasteiger partial charge in [-0.2, -0.15) is 0 Å². The van der Waals surface area contributed by atoms with Crippen LogP contribution in [0.2, 0.25) is 0 Å². The van der Waals surface area contributed by atoms with Crippen molar-refractivity contribution in [2.24, 2.45) is 0 Å². The van der Waals surface area contributed by atoms with Crippen LogP contribution in [0, 0.1) is 10.1 Å². The first-order valence-corrected chi connectivity index (χ1v) is 8.75. The van der Waals surface area contributed by atoms with E-state index in [1.165, 1.54) is 17.5 Å². The van der Waals surface area contributed by atoms with Gasteiger partial charge in [0, 0.05) is 28.9 Å². The van der Waals surface area contributed by atoms with E-state index in [-0.39, 0.29) is 5.69 Å². The summed E-state index contributed by atoms with van der Waals surface area (Å²) in [5, 5.41) is 22.0. The highest BCUT2D eigenvalue weighted by Gasteiger charge is 2.09. The number of benzene rings is 4. The molecule has 0 aromatic heterocycles. The summed E-state index contributed by atoms with van der Waals surface area (Å²) in [6, 6.07) is 24.6. The van der Waals surface area contributed by atoms with Gasteiger partial charge in [-0.1, -0.05) is 48.5 Å². The first kappa shape index (κ1) is 16.9. The van der Waals surface area contributed by atoms with E-state index in [2.05, 4.69) is 41.0 Å². The Labute approximate surface area is 160 Å². The van der Waals surface area contributed by atoms with Gasteiger partial charge < -0.3 is 10.6 Å². The van der Waals surface area contributed by atoms with Crippen LogP contribution in [0.3, 0.4) is 0 Å². The number of fused-ring (bicyclic) bond motifs is 3. The Bertz CT molecular complexity index is 1170. The summed E-state index contributed by atoms with van der Waals surface area (Å²) in [6.07, 6.45) is 0. The van der Waals surface area contributed by atoms with Crippen molar-refractivity contribution in [2.45, 2.75) is 0 Å². The van der Waals surface area contributed by atoms with Crippen LogP contribution in [0.25, 0.3) is 21.5 Å². The summed E-state index contributed by atoms with van der Waals surface area (Å²) < 4.78 is 0. The number of nitrogens with one attached hydrogen (secondary N) is 2. The predicted molar refractivity (Wildman–Crippen MR) is 114 cm³/mol. The molecule has 0 spiro atoms. The average Bonchev–Trinajstić information content (AvgIpc) is 2.68. The summed E-state index contributed by atoms with van der Waals surface area (Å²) in [5.74, 6) is 0. The number of anilines is 2. The van der Waals surface area contributed by atoms with Crippen LogP contribution in [0.15, 0.2) is 78.9 Å². The minimum atomic E-state index is -0.429. The maximum atomic E-state index is 10.8. The summed E-state index contributed by atoms with van der Waals surface area (Å²) >= 11 is 5.43. The molecule has 27 heavy (non-hydrogen) atoms. The summed E-state index contributed by atoms with van der Waals surface area (Å²) in [7, 11) is 0. The second-order valence-electron chi connectivity index (χ2n) is 6.07. The van der Waals surface area contributed by atoms with E-state index in [0.717, 1.165) is 21.8 Å². The third kappa shape index (κ3) is 3.43. The maximum absolute atomic E-state index is 10.8. The fourth-order valence-electron chi connectivity index (χ4n) is 3.11. The Hall–Kier alpha value is -3.51. The van der Waals surface area contributed by atoms with Gasteiger partial charge in [0.15, 0.2) is 5.11 Å². The molecule has 4 rings (SSSR count). The molecule has 0 saturated heterocycles. The molecular formula is C21H15N3O2S. The monoisotopic (exact) mass is 373 g/mol. The van der Waals surface area contributed by atoms with Gasteiger partial charge in [0.25, 0.3) is 5.69 Å². The van der Waals surface area contributed by atoms with Gasteiger partial charge >= 0.3 is 0 Å². The standard InChI is InChI=1S/C21H15N3O2S/c25-24(26)16-11-9-15(10-12-16)22-21(27)23-20-13-14-5-1-2-6-17(14)18-7-3-4-8-19(18)20/h1-13H,(H2,22,23,27). The molecule has 2 N–H and O–H groups in total. The third-order valence-electron chi connectivity index (χ3n) is 4.35. The molecule has 0 radical (unpaired) electrons. The first-order valence-electron chi connectivity index (χ1n) is 8.35. The minimum Gasteiger partial charge on any atom is -0.332 e. The van der Waals surface area contributed by atoms with Gasteiger partial charge in [0.2, 0.25) is 0 Å². The Morgan fingerprint density at radius 3 is 2.15 bits per heavy atom. The first-order chi connectivity index (χ1) is 13.1. The number of hydrogen-bond donors (Lipinski definition) is 2. The topological polar surface area (TPSA) is 67.2 Å². The number of nitro benzene ring substituents is 1. The van der Waals surface area contributed by atoms with Crippen LogP contribution in [-0.2, 0) is 0 Å². The molecule has 6 heteroatoms. The van der Waals surface area contributed by atoms with Gasteiger partial charge in [-0.15, -0.1) is 0 Å². The van der Waals surface area contributed by atoms with Crippen molar-refractivity contribution in [1.29, 1.82) is 0 Å². The van der Waals surface area contributed by atoms with Crippen LogP contribution in [-0.4, -0.2) is 10.0 Å². The molecule has 0 amide bonds. The number of nitrogens with zero attached hydrogens (tertiary/aromatic N) is 1. The molecule has 5 nitrogen and oxygen atoms in total. The molecule has 132 valence electrons. The van der Waals surface area contributed by atoms with Crippen LogP contribution in [0.5, 0.6) is 0 Å². The van der Waals surface area contributed by atoms with E-state index < -0.39 is 4.92 Å². The molecular weight excluding hydrogens is 358 g/mol. The lowest BCUT2D eigenvalue weighted by molar-refractivity contribution is -0.384. The van der Waals surface area contributed by atoms with E-state index in [4.69, 9.17) is 12.2 Å². The van der Waals surface area contributed by atoms with Crippen LogP contribution in [0.4, 0.5) is 17.1 Å². The van der Waals surface area contributed by atoms with E-state index in [1.54, 1.807) is 12.1 Å². The number of nitro groups is 1. The fraction of sp³-hybridized carbons (Fsp3) is 0. The second kappa shape index (κ2) is 7.01. The highest BCUT2D eigenvalue weighted by molar-refractivity contribution is 7.80. The lowest BCUT2D eigenvalue weighted by Crippen LogP contribution is -2.19. The molecule has 0 unspecified atom stereocenters. The van der Waals surface area contributed by atoms with Crippen molar-refractivity contribution in [1.82, 2.24) is 0 Å². The number of non-ortho nitro benzene ring substituents is 1. The minimum absolute atomic E-state index is 0.0416. The van der Waals surface area contributed by atoms with Crippen molar-refractivity contribution in [3.05, 3.63) is 89.0 Å². The molecule has 4 aromatic rings. The van der Waals surface area contributed by atoms with Crippen molar-refractivity contribution >= 4 is 55.9 Å². The second-order valence-corrected chi connectivity index (χ2v) is 6.48. The Morgan fingerprint density at radius 1 is 0.815 bits per heavy atom.